The van der Waals surface area contributed by atoms with Crippen molar-refractivity contribution in [3.63, 3.8) is 0 Å². The molecule has 6 heteroatoms. The van der Waals surface area contributed by atoms with Gasteiger partial charge in [0.15, 0.2) is 6.10 Å². The minimum absolute atomic E-state index is 0.0622. The normalized spacial score (nSPS) is 12.4. The molecule has 0 aromatic heterocycles. The van der Waals surface area contributed by atoms with Crippen molar-refractivity contribution >= 4 is 17.9 Å². The van der Waals surface area contributed by atoms with Crippen molar-refractivity contribution in [3.05, 3.63) is 0 Å². The van der Waals surface area contributed by atoms with Gasteiger partial charge in [0.2, 0.25) is 0 Å². The van der Waals surface area contributed by atoms with Crippen LogP contribution in [0, 0.1) is 11.8 Å². The highest BCUT2D eigenvalue weighted by Gasteiger charge is 2.19. The Balaban J connectivity index is 4.27. The molecular formula is C61H118O6. The van der Waals surface area contributed by atoms with E-state index in [2.05, 4.69) is 34.6 Å². The van der Waals surface area contributed by atoms with E-state index in [9.17, 15) is 14.4 Å². The monoisotopic (exact) mass is 947 g/mol. The number of rotatable bonds is 55. The Morgan fingerprint density at radius 2 is 0.567 bits per heavy atom. The van der Waals surface area contributed by atoms with E-state index in [4.69, 9.17) is 14.2 Å². The van der Waals surface area contributed by atoms with Crippen molar-refractivity contribution in [2.24, 2.45) is 11.8 Å². The predicted octanol–water partition coefficient (Wildman–Crippen LogP) is 20.0. The first kappa shape index (κ1) is 65.4. The van der Waals surface area contributed by atoms with Gasteiger partial charge in [-0.2, -0.15) is 0 Å². The molecule has 0 N–H and O–H groups in total. The topological polar surface area (TPSA) is 78.9 Å². The van der Waals surface area contributed by atoms with Crippen LogP contribution >= 0.6 is 0 Å². The maximum Gasteiger partial charge on any atom is 0.306 e. The summed E-state index contributed by atoms with van der Waals surface area (Å²) in [4.78, 5) is 38.2. The second-order valence-electron chi connectivity index (χ2n) is 21.7. The van der Waals surface area contributed by atoms with Crippen LogP contribution in [0.25, 0.3) is 0 Å². The summed E-state index contributed by atoms with van der Waals surface area (Å²) in [6, 6.07) is 0. The molecule has 67 heavy (non-hydrogen) atoms. The fourth-order valence-corrected chi connectivity index (χ4v) is 9.37. The number of ether oxygens (including phenoxy) is 3. The molecule has 2 atom stereocenters. The highest BCUT2D eigenvalue weighted by Crippen LogP contribution is 2.19. The molecule has 0 aliphatic heterocycles. The van der Waals surface area contributed by atoms with Crippen molar-refractivity contribution in [1.82, 2.24) is 0 Å². The minimum Gasteiger partial charge on any atom is -0.462 e. The van der Waals surface area contributed by atoms with Crippen LogP contribution in [-0.2, 0) is 28.6 Å². The largest absolute Gasteiger partial charge is 0.462 e. The van der Waals surface area contributed by atoms with Crippen LogP contribution in [-0.4, -0.2) is 37.2 Å². The van der Waals surface area contributed by atoms with Gasteiger partial charge in [-0.1, -0.05) is 304 Å². The van der Waals surface area contributed by atoms with Crippen LogP contribution in [0.15, 0.2) is 0 Å². The first-order valence-electron chi connectivity index (χ1n) is 30.3. The molecule has 0 fully saturated rings. The van der Waals surface area contributed by atoms with E-state index in [-0.39, 0.29) is 31.1 Å². The van der Waals surface area contributed by atoms with Crippen LogP contribution in [0.3, 0.4) is 0 Å². The molecule has 0 aromatic rings. The van der Waals surface area contributed by atoms with Crippen LogP contribution in [0.4, 0.5) is 0 Å². The van der Waals surface area contributed by atoms with E-state index in [1.54, 1.807) is 0 Å². The second-order valence-corrected chi connectivity index (χ2v) is 21.7. The van der Waals surface area contributed by atoms with Gasteiger partial charge in [0.1, 0.15) is 13.2 Å². The first-order valence-corrected chi connectivity index (χ1v) is 30.3. The molecule has 0 radical (unpaired) electrons. The van der Waals surface area contributed by atoms with Crippen molar-refractivity contribution in [3.8, 4) is 0 Å². The van der Waals surface area contributed by atoms with Crippen molar-refractivity contribution in [2.75, 3.05) is 13.2 Å². The molecule has 0 amide bonds. The number of unbranched alkanes of at least 4 members (excludes halogenated alkanes) is 39. The van der Waals surface area contributed by atoms with E-state index in [0.717, 1.165) is 69.6 Å². The lowest BCUT2D eigenvalue weighted by atomic mass is 9.99. The van der Waals surface area contributed by atoms with E-state index in [0.29, 0.717) is 19.3 Å². The maximum absolute atomic E-state index is 12.8. The van der Waals surface area contributed by atoms with Crippen LogP contribution < -0.4 is 0 Å². The fraction of sp³-hybridized carbons (Fsp3) is 0.951. The Hall–Kier alpha value is -1.59. The van der Waals surface area contributed by atoms with Crippen molar-refractivity contribution < 1.29 is 28.6 Å². The zero-order chi connectivity index (χ0) is 48.9. The summed E-state index contributed by atoms with van der Waals surface area (Å²) in [6.07, 6.45) is 58.0. The van der Waals surface area contributed by atoms with Crippen LogP contribution in [0.2, 0.25) is 0 Å². The average Bonchev–Trinajstić information content (AvgIpc) is 3.31. The third kappa shape index (κ3) is 53.6. The van der Waals surface area contributed by atoms with Gasteiger partial charge in [0.25, 0.3) is 0 Å². The van der Waals surface area contributed by atoms with E-state index in [1.165, 1.54) is 231 Å². The zero-order valence-corrected chi connectivity index (χ0v) is 46.0. The molecule has 0 aromatic carbocycles. The quantitative estimate of drug-likeness (QED) is 0.0343. The Bertz CT molecular complexity index is 1030. The highest BCUT2D eigenvalue weighted by molar-refractivity contribution is 5.71. The summed E-state index contributed by atoms with van der Waals surface area (Å²) in [7, 11) is 0. The number of esters is 3. The van der Waals surface area contributed by atoms with Crippen LogP contribution in [0.1, 0.15) is 343 Å². The number of hydrogen-bond acceptors (Lipinski definition) is 6. The standard InChI is InChI=1S/C61H118O6/c1-6-8-9-10-11-12-13-19-28-33-38-43-48-53-61(64)67-58(54-65-59(62)51-46-41-36-31-26-22-16-14-15-20-24-29-34-39-44-49-56(3)4)55-66-60(63)52-47-42-37-32-27-23-18-17-21-25-30-35-40-45-50-57(5)7-2/h56-58H,6-55H2,1-5H3/t57?,58-/m0/s1. The van der Waals surface area contributed by atoms with E-state index in [1.807, 2.05) is 0 Å². The lowest BCUT2D eigenvalue weighted by Gasteiger charge is -2.18. The minimum atomic E-state index is -0.763. The Labute approximate surface area is 418 Å². The number of carbonyl (C=O) groups excluding carboxylic acids is 3. The molecule has 0 heterocycles. The summed E-state index contributed by atoms with van der Waals surface area (Å²) in [5.41, 5.74) is 0. The molecule has 398 valence electrons. The molecule has 0 saturated carbocycles. The summed E-state index contributed by atoms with van der Waals surface area (Å²) in [5.74, 6) is 0.910. The third-order valence-electron chi connectivity index (χ3n) is 14.3. The predicted molar refractivity (Wildman–Crippen MR) is 289 cm³/mol. The van der Waals surface area contributed by atoms with Gasteiger partial charge in [-0.05, 0) is 31.1 Å². The fourth-order valence-electron chi connectivity index (χ4n) is 9.37. The Morgan fingerprint density at radius 3 is 0.851 bits per heavy atom. The molecule has 0 bridgehead atoms. The van der Waals surface area contributed by atoms with Crippen molar-refractivity contribution in [2.45, 2.75) is 349 Å². The van der Waals surface area contributed by atoms with Gasteiger partial charge >= 0.3 is 17.9 Å². The number of carbonyl (C=O) groups is 3. The van der Waals surface area contributed by atoms with Gasteiger partial charge in [-0.3, -0.25) is 14.4 Å². The molecular weight excluding hydrogens is 829 g/mol. The highest BCUT2D eigenvalue weighted by atomic mass is 16.6. The summed E-state index contributed by atoms with van der Waals surface area (Å²) in [6.45, 7) is 11.5. The van der Waals surface area contributed by atoms with E-state index >= 15 is 0 Å². The summed E-state index contributed by atoms with van der Waals surface area (Å²) in [5, 5.41) is 0. The summed E-state index contributed by atoms with van der Waals surface area (Å²) >= 11 is 0. The molecule has 0 rings (SSSR count). The smallest absolute Gasteiger partial charge is 0.306 e. The Kier molecular flexibility index (Phi) is 52.5. The van der Waals surface area contributed by atoms with Crippen molar-refractivity contribution in [1.29, 1.82) is 0 Å². The molecule has 6 nitrogen and oxygen atoms in total. The molecule has 0 saturated heterocycles. The van der Waals surface area contributed by atoms with Crippen LogP contribution in [0.5, 0.6) is 0 Å². The van der Waals surface area contributed by atoms with Gasteiger partial charge < -0.3 is 14.2 Å². The Morgan fingerprint density at radius 1 is 0.313 bits per heavy atom. The zero-order valence-electron chi connectivity index (χ0n) is 46.0. The molecule has 0 aliphatic rings. The second kappa shape index (κ2) is 53.8. The lowest BCUT2D eigenvalue weighted by Crippen LogP contribution is -2.30. The molecule has 0 spiro atoms. The SMILES string of the molecule is CCCCCCCCCCCCCCCC(=O)O[C@@H](COC(=O)CCCCCCCCCCCCCCCCCC(C)C)COC(=O)CCCCCCCCCCCCCCCCC(C)CC. The third-order valence-corrected chi connectivity index (χ3v) is 14.3. The average molecular weight is 948 g/mol. The summed E-state index contributed by atoms with van der Waals surface area (Å²) < 4.78 is 16.9. The maximum atomic E-state index is 12.8. The first-order chi connectivity index (χ1) is 32.8. The molecule has 1 unspecified atom stereocenters. The van der Waals surface area contributed by atoms with E-state index < -0.39 is 6.10 Å². The van der Waals surface area contributed by atoms with Gasteiger partial charge in [0, 0.05) is 19.3 Å². The van der Waals surface area contributed by atoms with Gasteiger partial charge in [-0.15, -0.1) is 0 Å². The van der Waals surface area contributed by atoms with Gasteiger partial charge in [-0.25, -0.2) is 0 Å². The number of hydrogen-bond donors (Lipinski definition) is 0. The van der Waals surface area contributed by atoms with Gasteiger partial charge in [0.05, 0.1) is 0 Å². The lowest BCUT2D eigenvalue weighted by molar-refractivity contribution is -0.167. The molecule has 0 aliphatic carbocycles.